The summed E-state index contributed by atoms with van der Waals surface area (Å²) in [6.07, 6.45) is 17.7. The highest BCUT2D eigenvalue weighted by Crippen LogP contribution is 2.25. The quantitative estimate of drug-likeness (QED) is 0.100. The van der Waals surface area contributed by atoms with Crippen LogP contribution >= 0.6 is 11.3 Å². The molecule has 0 unspecified atom stereocenters. The summed E-state index contributed by atoms with van der Waals surface area (Å²) in [6.45, 7) is 7.18. The number of carbonyl (C=O) groups excluding carboxylic acids is 2. The van der Waals surface area contributed by atoms with Crippen LogP contribution in [0.4, 0.5) is 5.69 Å². The summed E-state index contributed by atoms with van der Waals surface area (Å²) in [5, 5.41) is 2.94. The van der Waals surface area contributed by atoms with E-state index < -0.39 is 0 Å². The SMILES string of the molecule is CCCCCCCCCCCCCCOc1ccc(NC(=O)c2cccc(C[n+]3csc(C)c3)c2)cc1C(C)=O.[Br-]. The lowest BCUT2D eigenvalue weighted by molar-refractivity contribution is -0.683. The Bertz CT molecular complexity index is 1210. The summed E-state index contributed by atoms with van der Waals surface area (Å²) in [5.41, 5.74) is 4.80. The molecule has 0 saturated carbocycles. The minimum atomic E-state index is -0.201. The van der Waals surface area contributed by atoms with Crippen LogP contribution in [-0.4, -0.2) is 18.3 Å². The molecule has 1 aromatic heterocycles. The fourth-order valence-electron chi connectivity index (χ4n) is 4.89. The molecule has 41 heavy (non-hydrogen) atoms. The normalized spacial score (nSPS) is 10.7. The summed E-state index contributed by atoms with van der Waals surface area (Å²) in [4.78, 5) is 26.5. The number of unbranched alkanes of at least 4 members (excludes halogenated alkanes) is 11. The van der Waals surface area contributed by atoms with Gasteiger partial charge in [-0.15, -0.1) is 0 Å². The molecule has 2 aromatic carbocycles. The van der Waals surface area contributed by atoms with Gasteiger partial charge < -0.3 is 27.0 Å². The van der Waals surface area contributed by atoms with Crippen molar-refractivity contribution in [2.24, 2.45) is 0 Å². The van der Waals surface area contributed by atoms with Crippen LogP contribution in [0.1, 0.15) is 122 Å². The highest BCUT2D eigenvalue weighted by atomic mass is 79.9. The number of thiazole rings is 1. The number of ether oxygens (including phenoxy) is 1. The van der Waals surface area contributed by atoms with Crippen LogP contribution < -0.4 is 31.6 Å². The maximum Gasteiger partial charge on any atom is 0.255 e. The van der Waals surface area contributed by atoms with Crippen molar-refractivity contribution in [3.8, 4) is 5.75 Å². The topological polar surface area (TPSA) is 59.3 Å². The Labute approximate surface area is 261 Å². The Morgan fingerprint density at radius 2 is 1.54 bits per heavy atom. The molecule has 1 N–H and O–H groups in total. The van der Waals surface area contributed by atoms with Gasteiger partial charge in [-0.3, -0.25) is 9.59 Å². The van der Waals surface area contributed by atoms with Crippen LogP contribution in [0.5, 0.6) is 5.75 Å². The molecule has 5 nitrogen and oxygen atoms in total. The first-order valence-electron chi connectivity index (χ1n) is 15.1. The van der Waals surface area contributed by atoms with E-state index in [-0.39, 0.29) is 28.7 Å². The Hall–Kier alpha value is -2.51. The molecule has 0 radical (unpaired) electrons. The summed E-state index contributed by atoms with van der Waals surface area (Å²) < 4.78 is 8.09. The summed E-state index contributed by atoms with van der Waals surface area (Å²) in [6, 6.07) is 12.9. The first-order chi connectivity index (χ1) is 19.5. The molecule has 3 aromatic rings. The predicted molar refractivity (Wildman–Crippen MR) is 166 cm³/mol. The number of hydrogen-bond acceptors (Lipinski definition) is 4. The maximum absolute atomic E-state index is 13.0. The van der Waals surface area contributed by atoms with Gasteiger partial charge in [0.1, 0.15) is 5.75 Å². The summed E-state index contributed by atoms with van der Waals surface area (Å²) in [7, 11) is 0. The fraction of sp³-hybridized carbons (Fsp3) is 0.500. The van der Waals surface area contributed by atoms with E-state index in [1.54, 1.807) is 35.6 Å². The van der Waals surface area contributed by atoms with Crippen molar-refractivity contribution < 1.29 is 35.9 Å². The van der Waals surface area contributed by atoms with E-state index in [1.807, 2.05) is 18.2 Å². The monoisotopic (exact) mass is 642 g/mol. The second-order valence-corrected chi connectivity index (χ2v) is 11.9. The van der Waals surface area contributed by atoms with E-state index in [2.05, 4.69) is 35.4 Å². The van der Waals surface area contributed by atoms with Gasteiger partial charge in [0, 0.05) is 16.8 Å². The van der Waals surface area contributed by atoms with Crippen LogP contribution in [0.15, 0.2) is 54.2 Å². The maximum atomic E-state index is 13.0. The average Bonchev–Trinajstić information content (AvgIpc) is 3.36. The number of amides is 1. The Morgan fingerprint density at radius 1 is 0.878 bits per heavy atom. The van der Waals surface area contributed by atoms with Crippen molar-refractivity contribution in [1.82, 2.24) is 0 Å². The Morgan fingerprint density at radius 3 is 2.15 bits per heavy atom. The van der Waals surface area contributed by atoms with E-state index in [9.17, 15) is 9.59 Å². The first kappa shape index (κ1) is 34.7. The van der Waals surface area contributed by atoms with Crippen molar-refractivity contribution in [3.05, 3.63) is 75.7 Å². The molecule has 1 amide bonds. The number of aryl methyl sites for hydroxylation is 1. The number of ketones is 1. The number of nitrogens with zero attached hydrogens (tertiary/aromatic N) is 1. The van der Waals surface area contributed by atoms with E-state index >= 15 is 0 Å². The third-order valence-corrected chi connectivity index (χ3v) is 8.00. The van der Waals surface area contributed by atoms with Crippen molar-refractivity contribution >= 4 is 28.7 Å². The van der Waals surface area contributed by atoms with E-state index in [0.717, 1.165) is 18.4 Å². The third-order valence-electron chi connectivity index (χ3n) is 7.15. The van der Waals surface area contributed by atoms with Crippen molar-refractivity contribution in [1.29, 1.82) is 0 Å². The second kappa shape index (κ2) is 19.6. The zero-order chi connectivity index (χ0) is 28.6. The summed E-state index contributed by atoms with van der Waals surface area (Å²) in [5.74, 6) is 0.303. The number of halogens is 1. The molecular weight excluding hydrogens is 596 g/mol. The van der Waals surface area contributed by atoms with E-state index in [1.165, 1.54) is 76.0 Å². The van der Waals surface area contributed by atoms with E-state index in [4.69, 9.17) is 4.74 Å². The smallest absolute Gasteiger partial charge is 0.255 e. The van der Waals surface area contributed by atoms with Gasteiger partial charge in [-0.1, -0.05) is 101 Å². The number of hydrogen-bond donors (Lipinski definition) is 1. The number of anilines is 1. The number of aromatic nitrogens is 1. The van der Waals surface area contributed by atoms with Crippen LogP contribution in [0.2, 0.25) is 0 Å². The van der Waals surface area contributed by atoms with Gasteiger partial charge in [0.15, 0.2) is 18.5 Å². The molecule has 0 atom stereocenters. The van der Waals surface area contributed by atoms with Gasteiger partial charge in [-0.2, -0.15) is 4.57 Å². The number of nitrogens with one attached hydrogen (secondary N) is 1. The van der Waals surface area contributed by atoms with Crippen molar-refractivity contribution in [2.45, 2.75) is 104 Å². The van der Waals surface area contributed by atoms with Gasteiger partial charge in [0.2, 0.25) is 5.51 Å². The molecule has 0 bridgehead atoms. The zero-order valence-electron chi connectivity index (χ0n) is 25.1. The Kier molecular flexibility index (Phi) is 16.6. The number of rotatable bonds is 19. The molecule has 0 aliphatic carbocycles. The largest absolute Gasteiger partial charge is 1.00 e. The molecule has 3 rings (SSSR count). The highest BCUT2D eigenvalue weighted by Gasteiger charge is 2.14. The number of carbonyl (C=O) groups is 2. The van der Waals surface area contributed by atoms with Crippen LogP contribution in [0, 0.1) is 6.92 Å². The molecule has 0 aliphatic heterocycles. The van der Waals surface area contributed by atoms with Gasteiger partial charge in [-0.25, -0.2) is 0 Å². The molecule has 224 valence electrons. The zero-order valence-corrected chi connectivity index (χ0v) is 27.5. The third kappa shape index (κ3) is 12.9. The number of benzene rings is 2. The molecule has 0 saturated heterocycles. The second-order valence-electron chi connectivity index (χ2n) is 10.8. The molecule has 1 heterocycles. The lowest BCUT2D eigenvalue weighted by atomic mass is 10.1. The van der Waals surface area contributed by atoms with Crippen LogP contribution in [0.3, 0.4) is 0 Å². The minimum Gasteiger partial charge on any atom is -1.00 e. The van der Waals surface area contributed by atoms with Gasteiger partial charge in [-0.05, 0) is 50.6 Å². The van der Waals surface area contributed by atoms with Gasteiger partial charge in [0.25, 0.3) is 5.91 Å². The lowest BCUT2D eigenvalue weighted by Crippen LogP contribution is -3.00. The highest BCUT2D eigenvalue weighted by molar-refractivity contribution is 7.09. The molecule has 0 fully saturated rings. The first-order valence-corrected chi connectivity index (χ1v) is 16.0. The van der Waals surface area contributed by atoms with Gasteiger partial charge in [0.05, 0.1) is 17.0 Å². The molecule has 0 spiro atoms. The summed E-state index contributed by atoms with van der Waals surface area (Å²) >= 11 is 1.70. The lowest BCUT2D eigenvalue weighted by Gasteiger charge is -2.13. The van der Waals surface area contributed by atoms with Crippen LogP contribution in [-0.2, 0) is 6.54 Å². The standard InChI is InChI=1S/C34H46N2O3S.BrH/c1-4-5-6-7-8-9-10-11-12-13-14-15-21-39-33-20-19-31(23-32(33)28(3)37)35-34(38)30-18-16-17-29(22-30)25-36-24-27(2)40-26-36;/h16-20,22-24,26H,4-15,21,25H2,1-3H3;1H. The molecular formula is C34H47BrN2O3S. The van der Waals surface area contributed by atoms with Crippen molar-refractivity contribution in [3.63, 3.8) is 0 Å². The number of Topliss-reactive ketones (excluding diaryl/α,β-unsaturated/α-hetero) is 1. The van der Waals surface area contributed by atoms with E-state index in [0.29, 0.717) is 35.7 Å². The minimum absolute atomic E-state index is 0. The van der Waals surface area contributed by atoms with Crippen LogP contribution in [0.25, 0.3) is 0 Å². The average molecular weight is 644 g/mol. The molecule has 0 aliphatic rings. The van der Waals surface area contributed by atoms with Gasteiger partial charge >= 0.3 is 0 Å². The molecule has 7 heteroatoms. The fourth-order valence-corrected chi connectivity index (χ4v) is 5.52. The predicted octanol–water partition coefficient (Wildman–Crippen LogP) is 5.93. The van der Waals surface area contributed by atoms with Crippen molar-refractivity contribution in [2.75, 3.05) is 11.9 Å². The Balaban J connectivity index is 0.00000588.